The first kappa shape index (κ1) is 8.74. The van der Waals surface area contributed by atoms with Gasteiger partial charge in [-0.15, -0.1) is 4.80 Å². The summed E-state index contributed by atoms with van der Waals surface area (Å²) in [6, 6.07) is 7.64. The van der Waals surface area contributed by atoms with Gasteiger partial charge >= 0.3 is 0 Å². The lowest BCUT2D eigenvalue weighted by Crippen LogP contribution is -2.01. The van der Waals surface area contributed by atoms with Crippen molar-refractivity contribution in [3.05, 3.63) is 36.2 Å². The fourth-order valence-corrected chi connectivity index (χ4v) is 1.25. The molecule has 2 rings (SSSR count). The lowest BCUT2D eigenvalue weighted by Gasteiger charge is -2.05. The van der Waals surface area contributed by atoms with Gasteiger partial charge in [-0.3, -0.25) is 0 Å². The van der Waals surface area contributed by atoms with Crippen molar-refractivity contribution in [3.63, 3.8) is 0 Å². The molecule has 1 aromatic carbocycles. The summed E-state index contributed by atoms with van der Waals surface area (Å²) in [5, 5.41) is 8.34. The second-order valence-corrected chi connectivity index (χ2v) is 2.95. The number of ether oxygens (including phenoxy) is 1. The Bertz CT molecular complexity index is 436. The molecule has 0 spiro atoms. The Hall–Kier alpha value is -1.84. The molecule has 0 aliphatic heterocycles. The minimum Gasteiger partial charge on any atom is -0.494 e. The summed E-state index contributed by atoms with van der Waals surface area (Å²) in [5.74, 6) is 0.767. The van der Waals surface area contributed by atoms with Gasteiger partial charge in [0.15, 0.2) is 0 Å². The molecule has 0 atom stereocenters. The first-order valence-corrected chi connectivity index (χ1v) is 4.33. The third kappa shape index (κ3) is 1.46. The Morgan fingerprint density at radius 3 is 2.71 bits per heavy atom. The van der Waals surface area contributed by atoms with Crippen LogP contribution in [0.3, 0.4) is 0 Å². The molecule has 0 bridgehead atoms. The molecule has 0 fully saturated rings. The summed E-state index contributed by atoms with van der Waals surface area (Å²) in [4.78, 5) is 1.56. The largest absolute Gasteiger partial charge is 0.494 e. The van der Waals surface area contributed by atoms with Crippen LogP contribution in [-0.2, 0) is 0 Å². The molecule has 72 valence electrons. The van der Waals surface area contributed by atoms with Gasteiger partial charge in [0.2, 0.25) is 0 Å². The van der Waals surface area contributed by atoms with E-state index in [1.54, 1.807) is 18.1 Å². The van der Waals surface area contributed by atoms with E-state index >= 15 is 0 Å². The number of methoxy groups -OCH3 is 1. The van der Waals surface area contributed by atoms with Gasteiger partial charge in [0.25, 0.3) is 0 Å². The number of benzene rings is 1. The maximum atomic E-state index is 5.21. The van der Waals surface area contributed by atoms with Gasteiger partial charge in [-0.05, 0) is 19.1 Å². The molecule has 0 unspecified atom stereocenters. The molecular formula is C10H11N3O. The number of hydrogen-bond acceptors (Lipinski definition) is 3. The second kappa shape index (κ2) is 3.49. The van der Waals surface area contributed by atoms with E-state index in [1.165, 1.54) is 0 Å². The molecule has 4 heteroatoms. The molecule has 4 nitrogen and oxygen atoms in total. The van der Waals surface area contributed by atoms with Gasteiger partial charge in [0.05, 0.1) is 19.0 Å². The quantitative estimate of drug-likeness (QED) is 0.720. The van der Waals surface area contributed by atoms with Gasteiger partial charge in [0, 0.05) is 0 Å². The summed E-state index contributed by atoms with van der Waals surface area (Å²) >= 11 is 0. The Kier molecular flexibility index (Phi) is 2.18. The summed E-state index contributed by atoms with van der Waals surface area (Å²) in [5.41, 5.74) is 1.74. The van der Waals surface area contributed by atoms with Crippen LogP contribution in [-0.4, -0.2) is 22.1 Å². The van der Waals surface area contributed by atoms with Crippen molar-refractivity contribution in [2.24, 2.45) is 0 Å². The Morgan fingerprint density at radius 2 is 2.07 bits per heavy atom. The van der Waals surface area contributed by atoms with Crippen molar-refractivity contribution in [2.75, 3.05) is 7.11 Å². The van der Waals surface area contributed by atoms with E-state index in [1.807, 2.05) is 31.2 Å². The van der Waals surface area contributed by atoms with Crippen molar-refractivity contribution < 1.29 is 4.74 Å². The predicted octanol–water partition coefficient (Wildman–Crippen LogP) is 1.58. The normalized spacial score (nSPS) is 10.1. The van der Waals surface area contributed by atoms with Gasteiger partial charge in [-0.1, -0.05) is 12.1 Å². The predicted molar refractivity (Wildman–Crippen MR) is 52.6 cm³/mol. The summed E-state index contributed by atoms with van der Waals surface area (Å²) in [6.07, 6.45) is 1.71. The Balaban J connectivity index is 2.50. The third-order valence-corrected chi connectivity index (χ3v) is 1.91. The Morgan fingerprint density at radius 1 is 1.29 bits per heavy atom. The fourth-order valence-electron chi connectivity index (χ4n) is 1.25. The van der Waals surface area contributed by atoms with Crippen LogP contribution in [0.2, 0.25) is 0 Å². The minimum absolute atomic E-state index is 0.767. The first-order chi connectivity index (χ1) is 6.81. The molecule has 0 aliphatic carbocycles. The second-order valence-electron chi connectivity index (χ2n) is 2.95. The highest BCUT2D eigenvalue weighted by atomic mass is 16.5. The molecule has 0 amide bonds. The van der Waals surface area contributed by atoms with Crippen molar-refractivity contribution >= 4 is 0 Å². The van der Waals surface area contributed by atoms with Crippen LogP contribution in [0.5, 0.6) is 5.75 Å². The summed E-state index contributed by atoms with van der Waals surface area (Å²) in [7, 11) is 1.63. The topological polar surface area (TPSA) is 39.9 Å². The van der Waals surface area contributed by atoms with E-state index in [9.17, 15) is 0 Å². The number of rotatable bonds is 2. The number of aryl methyl sites for hydroxylation is 1. The van der Waals surface area contributed by atoms with E-state index in [0.717, 1.165) is 17.1 Å². The van der Waals surface area contributed by atoms with E-state index in [4.69, 9.17) is 4.74 Å². The maximum absolute atomic E-state index is 5.21. The van der Waals surface area contributed by atoms with Gasteiger partial charge in [-0.2, -0.15) is 10.2 Å². The minimum atomic E-state index is 0.767. The average molecular weight is 189 g/mol. The first-order valence-electron chi connectivity index (χ1n) is 4.33. The van der Waals surface area contributed by atoms with Crippen LogP contribution < -0.4 is 4.74 Å². The van der Waals surface area contributed by atoms with Crippen LogP contribution in [0.4, 0.5) is 0 Å². The molecule has 1 heterocycles. The van der Waals surface area contributed by atoms with Crippen molar-refractivity contribution in [1.82, 2.24) is 15.0 Å². The van der Waals surface area contributed by atoms with E-state index in [2.05, 4.69) is 10.2 Å². The number of para-hydroxylation sites is 2. The zero-order valence-corrected chi connectivity index (χ0v) is 8.14. The van der Waals surface area contributed by atoms with Crippen molar-refractivity contribution in [1.29, 1.82) is 0 Å². The van der Waals surface area contributed by atoms with Crippen LogP contribution in [0.15, 0.2) is 30.5 Å². The fraction of sp³-hybridized carbons (Fsp3) is 0.200. The monoisotopic (exact) mass is 189 g/mol. The Labute approximate surface area is 82.1 Å². The molecule has 0 aliphatic rings. The highest BCUT2D eigenvalue weighted by Crippen LogP contribution is 2.19. The van der Waals surface area contributed by atoms with Crippen LogP contribution in [0.25, 0.3) is 5.69 Å². The van der Waals surface area contributed by atoms with Crippen LogP contribution in [0.1, 0.15) is 5.69 Å². The number of aromatic nitrogens is 3. The molecule has 0 saturated carbocycles. The lowest BCUT2D eigenvalue weighted by molar-refractivity contribution is 0.410. The third-order valence-electron chi connectivity index (χ3n) is 1.91. The van der Waals surface area contributed by atoms with Crippen molar-refractivity contribution in [3.8, 4) is 11.4 Å². The van der Waals surface area contributed by atoms with Crippen LogP contribution in [0, 0.1) is 6.92 Å². The zero-order chi connectivity index (χ0) is 9.97. The van der Waals surface area contributed by atoms with E-state index < -0.39 is 0 Å². The maximum Gasteiger partial charge on any atom is 0.146 e. The van der Waals surface area contributed by atoms with Gasteiger partial charge < -0.3 is 4.74 Å². The van der Waals surface area contributed by atoms with E-state index in [-0.39, 0.29) is 0 Å². The smallest absolute Gasteiger partial charge is 0.146 e. The molecule has 2 aromatic rings. The van der Waals surface area contributed by atoms with Crippen molar-refractivity contribution in [2.45, 2.75) is 6.92 Å². The van der Waals surface area contributed by atoms with Crippen LogP contribution >= 0.6 is 0 Å². The lowest BCUT2D eigenvalue weighted by atomic mass is 10.3. The standard InChI is InChI=1S/C10H11N3O/c1-8-7-11-13(12-8)9-5-3-4-6-10(9)14-2/h3-7H,1-2H3. The van der Waals surface area contributed by atoms with Gasteiger partial charge in [-0.25, -0.2) is 0 Å². The molecule has 0 N–H and O–H groups in total. The molecule has 1 aromatic heterocycles. The molecular weight excluding hydrogens is 178 g/mol. The summed E-state index contributed by atoms with van der Waals surface area (Å²) in [6.45, 7) is 1.90. The molecule has 14 heavy (non-hydrogen) atoms. The molecule has 0 radical (unpaired) electrons. The summed E-state index contributed by atoms with van der Waals surface area (Å²) < 4.78 is 5.21. The average Bonchev–Trinajstić information content (AvgIpc) is 2.65. The van der Waals surface area contributed by atoms with E-state index in [0.29, 0.717) is 0 Å². The molecule has 0 saturated heterocycles. The number of hydrogen-bond donors (Lipinski definition) is 0. The highest BCUT2D eigenvalue weighted by molar-refractivity contribution is 5.44. The highest BCUT2D eigenvalue weighted by Gasteiger charge is 2.05. The van der Waals surface area contributed by atoms with Gasteiger partial charge in [0.1, 0.15) is 11.4 Å². The zero-order valence-electron chi connectivity index (χ0n) is 8.14. The SMILES string of the molecule is COc1ccccc1-n1ncc(C)n1. The number of nitrogens with zero attached hydrogens (tertiary/aromatic N) is 3.